The maximum atomic E-state index is 10.1. The highest BCUT2D eigenvalue weighted by atomic mass is 16.5. The molecule has 1 saturated heterocycles. The van der Waals surface area contributed by atoms with E-state index in [2.05, 4.69) is 40.5 Å². The number of ether oxygens (including phenoxy) is 2. The van der Waals surface area contributed by atoms with Crippen LogP contribution >= 0.6 is 0 Å². The highest BCUT2D eigenvalue weighted by Crippen LogP contribution is 2.24. The molecule has 3 aromatic rings. The minimum absolute atomic E-state index is 0.261. The van der Waals surface area contributed by atoms with Gasteiger partial charge in [-0.1, -0.05) is 47.6 Å². The van der Waals surface area contributed by atoms with Crippen LogP contribution < -0.4 is 14.8 Å². The van der Waals surface area contributed by atoms with Crippen LogP contribution in [0.5, 0.6) is 11.5 Å². The van der Waals surface area contributed by atoms with Crippen LogP contribution in [0.4, 0.5) is 0 Å². The number of nitriles is 1. The molecule has 4 rings (SSSR count). The Morgan fingerprint density at radius 3 is 2.36 bits per heavy atom. The van der Waals surface area contributed by atoms with E-state index in [1.807, 2.05) is 48.5 Å². The molecule has 1 fully saturated rings. The fraction of sp³-hybridized carbons (Fsp3) is 0.345. The average Bonchev–Trinajstić information content (AvgIpc) is 2.87. The van der Waals surface area contributed by atoms with Gasteiger partial charge in [-0.25, -0.2) is 0 Å². The van der Waals surface area contributed by atoms with Crippen LogP contribution in [0, 0.1) is 23.2 Å². The number of nitroso groups, excluding NO2 is 1. The molecule has 0 amide bonds. The van der Waals surface area contributed by atoms with Crippen LogP contribution in [0.3, 0.4) is 0 Å². The summed E-state index contributed by atoms with van der Waals surface area (Å²) in [6.07, 6.45) is 1.29. The summed E-state index contributed by atoms with van der Waals surface area (Å²) in [6.45, 7) is 7.51. The van der Waals surface area contributed by atoms with Crippen molar-refractivity contribution < 1.29 is 9.47 Å². The van der Waals surface area contributed by atoms with Crippen molar-refractivity contribution >= 4 is 0 Å². The highest BCUT2D eigenvalue weighted by Gasteiger charge is 2.15. The minimum Gasteiger partial charge on any atom is -0.489 e. The molecule has 0 aliphatic carbocycles. The zero-order chi connectivity index (χ0) is 25.2. The molecule has 7 nitrogen and oxygen atoms in total. The topological polar surface area (TPSA) is 87.0 Å². The van der Waals surface area contributed by atoms with Gasteiger partial charge in [0.05, 0.1) is 18.2 Å². The number of hydrogen-bond donors (Lipinski definition) is 1. The predicted octanol–water partition coefficient (Wildman–Crippen LogP) is 5.09. The Labute approximate surface area is 212 Å². The van der Waals surface area contributed by atoms with Crippen LogP contribution in [0.1, 0.15) is 39.8 Å². The summed E-state index contributed by atoms with van der Waals surface area (Å²) in [7, 11) is 0. The van der Waals surface area contributed by atoms with Crippen LogP contribution in [0.15, 0.2) is 65.8 Å². The maximum absolute atomic E-state index is 10.1. The summed E-state index contributed by atoms with van der Waals surface area (Å²) < 4.78 is 12.1. The second-order valence-electron chi connectivity index (χ2n) is 9.04. The highest BCUT2D eigenvalue weighted by molar-refractivity contribution is 5.45. The van der Waals surface area contributed by atoms with Gasteiger partial charge in [0.15, 0.2) is 0 Å². The van der Waals surface area contributed by atoms with E-state index >= 15 is 0 Å². The first-order chi connectivity index (χ1) is 17.7. The third-order valence-corrected chi connectivity index (χ3v) is 6.35. The van der Waals surface area contributed by atoms with Crippen molar-refractivity contribution in [1.82, 2.24) is 10.2 Å². The minimum atomic E-state index is 0.261. The lowest BCUT2D eigenvalue weighted by atomic mass is 10.0. The molecule has 0 spiro atoms. The van der Waals surface area contributed by atoms with Crippen molar-refractivity contribution in [3.8, 4) is 17.6 Å². The number of hydrogen-bond acceptors (Lipinski definition) is 7. The van der Waals surface area contributed by atoms with E-state index in [9.17, 15) is 10.2 Å². The number of nitrogens with zero attached hydrogens (tertiary/aromatic N) is 3. The SMILES string of the molecule is Cc1cc(CN2CCC2)ccc1OCc1cccc(COc2ccc(CNCCN=O)cc2)c1C#N. The molecule has 0 aromatic heterocycles. The fourth-order valence-electron chi connectivity index (χ4n) is 4.18. The number of aryl methyl sites for hydroxylation is 1. The lowest BCUT2D eigenvalue weighted by molar-refractivity contribution is 0.172. The molecule has 0 unspecified atom stereocenters. The van der Waals surface area contributed by atoms with Crippen molar-refractivity contribution in [1.29, 1.82) is 5.26 Å². The average molecular weight is 485 g/mol. The Morgan fingerprint density at radius 2 is 1.72 bits per heavy atom. The lowest BCUT2D eigenvalue weighted by Gasteiger charge is -2.30. The summed E-state index contributed by atoms with van der Waals surface area (Å²) in [5, 5.41) is 15.9. The number of nitrogens with one attached hydrogen (secondary N) is 1. The van der Waals surface area contributed by atoms with Gasteiger partial charge in [0.1, 0.15) is 24.7 Å². The van der Waals surface area contributed by atoms with Gasteiger partial charge < -0.3 is 14.8 Å². The molecule has 186 valence electrons. The van der Waals surface area contributed by atoms with Crippen LogP contribution in [-0.4, -0.2) is 31.1 Å². The molecule has 3 aromatic carbocycles. The molecular formula is C29H32N4O3. The van der Waals surface area contributed by atoms with E-state index in [0.29, 0.717) is 31.9 Å². The second kappa shape index (κ2) is 12.8. The van der Waals surface area contributed by atoms with Crippen molar-refractivity contribution in [3.63, 3.8) is 0 Å². The Kier molecular flexibility index (Phi) is 9.03. The first-order valence-electron chi connectivity index (χ1n) is 12.3. The van der Waals surface area contributed by atoms with Crippen LogP contribution in [0.25, 0.3) is 0 Å². The fourth-order valence-corrected chi connectivity index (χ4v) is 4.18. The Morgan fingerprint density at radius 1 is 1.00 bits per heavy atom. The standard InChI is InChI=1S/C29H32N4O3/c1-22-16-24(19-33-14-3-15-33)8-11-29(22)36-21-26-5-2-4-25(28(26)17-30)20-35-27-9-6-23(7-10-27)18-31-12-13-32-34/h2,4-11,16,31H,3,12-15,18-21H2,1H3. The van der Waals surface area contributed by atoms with Gasteiger partial charge in [-0.3, -0.25) is 4.90 Å². The first-order valence-corrected chi connectivity index (χ1v) is 12.3. The smallest absolute Gasteiger partial charge is 0.122 e. The molecule has 0 bridgehead atoms. The molecule has 7 heteroatoms. The molecule has 0 atom stereocenters. The normalized spacial score (nSPS) is 13.0. The summed E-state index contributed by atoms with van der Waals surface area (Å²) in [5.41, 5.74) is 5.75. The Hall–Kier alpha value is -3.73. The molecule has 0 radical (unpaired) electrons. The monoisotopic (exact) mass is 484 g/mol. The zero-order valence-corrected chi connectivity index (χ0v) is 20.7. The summed E-state index contributed by atoms with van der Waals surface area (Å²) >= 11 is 0. The van der Waals surface area contributed by atoms with Gasteiger partial charge in [-0.2, -0.15) is 10.2 Å². The third kappa shape index (κ3) is 6.91. The van der Waals surface area contributed by atoms with Crippen LogP contribution in [-0.2, 0) is 26.3 Å². The molecule has 1 N–H and O–H groups in total. The van der Waals surface area contributed by atoms with E-state index in [0.717, 1.165) is 40.3 Å². The number of likely N-dealkylation sites (tertiary alicyclic amines) is 1. The van der Waals surface area contributed by atoms with Crippen molar-refractivity contribution in [2.75, 3.05) is 26.2 Å². The van der Waals surface area contributed by atoms with E-state index in [-0.39, 0.29) is 6.54 Å². The molecule has 1 aliphatic heterocycles. The van der Waals surface area contributed by atoms with E-state index in [4.69, 9.17) is 9.47 Å². The molecular weight excluding hydrogens is 452 g/mol. The van der Waals surface area contributed by atoms with Gasteiger partial charge in [-0.05, 0) is 61.3 Å². The lowest BCUT2D eigenvalue weighted by Crippen LogP contribution is -2.36. The quantitative estimate of drug-likeness (QED) is 0.269. The zero-order valence-electron chi connectivity index (χ0n) is 20.7. The number of rotatable bonds is 13. The molecule has 1 heterocycles. The van der Waals surface area contributed by atoms with Gasteiger partial charge in [0, 0.05) is 30.8 Å². The third-order valence-electron chi connectivity index (χ3n) is 6.35. The molecule has 1 aliphatic rings. The van der Waals surface area contributed by atoms with E-state index in [1.54, 1.807) is 0 Å². The van der Waals surface area contributed by atoms with E-state index in [1.165, 1.54) is 25.1 Å². The van der Waals surface area contributed by atoms with Crippen molar-refractivity contribution in [2.24, 2.45) is 5.18 Å². The van der Waals surface area contributed by atoms with Gasteiger partial charge >= 0.3 is 0 Å². The van der Waals surface area contributed by atoms with Gasteiger partial charge in [-0.15, -0.1) is 0 Å². The van der Waals surface area contributed by atoms with Gasteiger partial charge in [0.2, 0.25) is 0 Å². The van der Waals surface area contributed by atoms with Crippen molar-refractivity contribution in [2.45, 2.75) is 39.6 Å². The Balaban J connectivity index is 1.33. The summed E-state index contributed by atoms with van der Waals surface area (Å²) in [5.74, 6) is 1.57. The number of benzene rings is 3. The van der Waals surface area contributed by atoms with E-state index < -0.39 is 0 Å². The van der Waals surface area contributed by atoms with Crippen molar-refractivity contribution in [3.05, 3.63) is 99.0 Å². The largest absolute Gasteiger partial charge is 0.489 e. The first kappa shape index (κ1) is 25.4. The summed E-state index contributed by atoms with van der Waals surface area (Å²) in [4.78, 5) is 12.6. The second-order valence-corrected chi connectivity index (χ2v) is 9.04. The predicted molar refractivity (Wildman–Crippen MR) is 140 cm³/mol. The maximum Gasteiger partial charge on any atom is 0.122 e. The summed E-state index contributed by atoms with van der Waals surface area (Å²) in [6, 6.07) is 22.2. The van der Waals surface area contributed by atoms with Crippen LogP contribution in [0.2, 0.25) is 0 Å². The molecule has 36 heavy (non-hydrogen) atoms. The molecule has 0 saturated carbocycles. The van der Waals surface area contributed by atoms with Gasteiger partial charge in [0.25, 0.3) is 0 Å². The Bertz CT molecular complexity index is 1200.